The zero-order valence-electron chi connectivity index (χ0n) is 12.0. The summed E-state index contributed by atoms with van der Waals surface area (Å²) in [5.74, 6) is -1.34. The van der Waals surface area contributed by atoms with Crippen molar-refractivity contribution in [3.63, 3.8) is 0 Å². The monoisotopic (exact) mass is 310 g/mol. The lowest BCUT2D eigenvalue weighted by Crippen LogP contribution is -2.03. The molecule has 0 saturated heterocycles. The molecule has 0 unspecified atom stereocenters. The number of rotatable bonds is 4. The Labute approximate surface area is 131 Å². The highest BCUT2D eigenvalue weighted by Crippen LogP contribution is 2.22. The van der Waals surface area contributed by atoms with E-state index in [4.69, 9.17) is 0 Å². The van der Waals surface area contributed by atoms with E-state index in [1.165, 1.54) is 18.3 Å². The summed E-state index contributed by atoms with van der Waals surface area (Å²) < 4.78 is 27.2. The fourth-order valence-corrected chi connectivity index (χ4v) is 2.10. The van der Waals surface area contributed by atoms with E-state index in [0.717, 1.165) is 12.1 Å². The van der Waals surface area contributed by atoms with Crippen LogP contribution in [0.25, 0.3) is 0 Å². The zero-order chi connectivity index (χ0) is 16.2. The van der Waals surface area contributed by atoms with Crippen LogP contribution in [0.1, 0.15) is 15.9 Å². The minimum atomic E-state index is -0.712. The van der Waals surface area contributed by atoms with Crippen LogP contribution < -0.4 is 5.32 Å². The van der Waals surface area contributed by atoms with E-state index in [2.05, 4.69) is 10.3 Å². The van der Waals surface area contributed by atoms with Crippen LogP contribution in [-0.2, 0) is 0 Å². The predicted octanol–water partition coefficient (Wildman–Crippen LogP) is 4.33. The highest BCUT2D eigenvalue weighted by molar-refractivity contribution is 6.08. The average molecular weight is 310 g/mol. The molecule has 0 atom stereocenters. The molecule has 0 aliphatic heterocycles. The van der Waals surface area contributed by atoms with Crippen LogP contribution in [0.5, 0.6) is 0 Å². The number of nitrogens with zero attached hydrogens (tertiary/aromatic N) is 1. The summed E-state index contributed by atoms with van der Waals surface area (Å²) in [7, 11) is 0. The van der Waals surface area contributed by atoms with Crippen molar-refractivity contribution in [3.05, 3.63) is 89.6 Å². The second-order valence-corrected chi connectivity index (χ2v) is 4.85. The Morgan fingerprint density at radius 2 is 1.52 bits per heavy atom. The number of carbonyl (C=O) groups excluding carboxylic acids is 1. The molecule has 3 rings (SSSR count). The summed E-state index contributed by atoms with van der Waals surface area (Å²) in [6.07, 6.45) is 1.37. The van der Waals surface area contributed by atoms with Crippen molar-refractivity contribution in [2.45, 2.75) is 0 Å². The van der Waals surface area contributed by atoms with Gasteiger partial charge in [-0.25, -0.2) is 13.8 Å². The maximum Gasteiger partial charge on any atom is 0.194 e. The Morgan fingerprint density at radius 3 is 2.13 bits per heavy atom. The van der Waals surface area contributed by atoms with Gasteiger partial charge in [0.1, 0.15) is 23.1 Å². The summed E-state index contributed by atoms with van der Waals surface area (Å²) >= 11 is 0. The lowest BCUT2D eigenvalue weighted by Gasteiger charge is -2.08. The number of nitrogens with one attached hydrogen (secondary N) is 1. The second kappa shape index (κ2) is 6.36. The number of hydrogen-bond donors (Lipinski definition) is 1. The highest BCUT2D eigenvalue weighted by Gasteiger charge is 2.11. The highest BCUT2D eigenvalue weighted by atomic mass is 19.1. The fourth-order valence-electron chi connectivity index (χ4n) is 2.10. The fraction of sp³-hybridized carbons (Fsp3) is 0. The average Bonchev–Trinajstić information content (AvgIpc) is 2.59. The lowest BCUT2D eigenvalue weighted by molar-refractivity contribution is 0.103. The standard InChI is InChI=1S/C18H12F2N2O/c19-14-7-4-8-15(20)17(14)22-16-10-9-13(11-21-16)18(23)12-5-2-1-3-6-12/h1-11H,(H,21,22). The maximum atomic E-state index is 13.6. The van der Waals surface area contributed by atoms with Gasteiger partial charge in [-0.15, -0.1) is 0 Å². The first-order valence-electron chi connectivity index (χ1n) is 6.92. The van der Waals surface area contributed by atoms with Gasteiger partial charge in [0.05, 0.1) is 0 Å². The van der Waals surface area contributed by atoms with E-state index in [1.807, 2.05) is 6.07 Å². The van der Waals surface area contributed by atoms with E-state index in [9.17, 15) is 13.6 Å². The Hall–Kier alpha value is -3.08. The topological polar surface area (TPSA) is 42.0 Å². The van der Waals surface area contributed by atoms with Crippen molar-refractivity contribution in [1.82, 2.24) is 4.98 Å². The molecule has 2 aromatic carbocycles. The predicted molar refractivity (Wildman–Crippen MR) is 83.8 cm³/mol. The Kier molecular flexibility index (Phi) is 4.10. The number of pyridine rings is 1. The largest absolute Gasteiger partial charge is 0.335 e. The van der Waals surface area contributed by atoms with E-state index in [1.54, 1.807) is 30.3 Å². The molecular weight excluding hydrogens is 298 g/mol. The van der Waals surface area contributed by atoms with Crippen molar-refractivity contribution in [1.29, 1.82) is 0 Å². The molecular formula is C18H12F2N2O. The number of carbonyl (C=O) groups is 1. The molecule has 0 spiro atoms. The minimum absolute atomic E-state index is 0.165. The van der Waals surface area contributed by atoms with Crippen LogP contribution in [0.4, 0.5) is 20.3 Å². The second-order valence-electron chi connectivity index (χ2n) is 4.85. The molecule has 3 nitrogen and oxygen atoms in total. The summed E-state index contributed by atoms with van der Waals surface area (Å²) in [5, 5.41) is 2.57. The number of hydrogen-bond acceptors (Lipinski definition) is 3. The molecule has 0 radical (unpaired) electrons. The number of anilines is 2. The number of aromatic nitrogens is 1. The third-order valence-corrected chi connectivity index (χ3v) is 3.28. The van der Waals surface area contributed by atoms with Crippen LogP contribution in [0.15, 0.2) is 66.9 Å². The quantitative estimate of drug-likeness (QED) is 0.729. The Bertz CT molecular complexity index is 813. The number of ketones is 1. The van der Waals surface area contributed by atoms with Crippen LogP contribution in [-0.4, -0.2) is 10.8 Å². The van der Waals surface area contributed by atoms with Crippen LogP contribution in [0.2, 0.25) is 0 Å². The molecule has 0 bridgehead atoms. The van der Waals surface area contributed by atoms with Crippen LogP contribution >= 0.6 is 0 Å². The first-order valence-corrected chi connectivity index (χ1v) is 6.92. The van der Waals surface area contributed by atoms with Crippen LogP contribution in [0.3, 0.4) is 0 Å². The van der Waals surface area contributed by atoms with E-state index >= 15 is 0 Å². The van der Waals surface area contributed by atoms with E-state index in [-0.39, 0.29) is 17.3 Å². The van der Waals surface area contributed by atoms with E-state index < -0.39 is 11.6 Å². The molecule has 1 heterocycles. The lowest BCUT2D eigenvalue weighted by atomic mass is 10.1. The first kappa shape index (κ1) is 14.8. The molecule has 0 aliphatic rings. The molecule has 5 heteroatoms. The van der Waals surface area contributed by atoms with Gasteiger partial charge in [-0.05, 0) is 24.3 Å². The molecule has 3 aromatic rings. The van der Waals surface area contributed by atoms with Crippen molar-refractivity contribution in [2.75, 3.05) is 5.32 Å². The summed E-state index contributed by atoms with van der Waals surface area (Å²) in [5.41, 5.74) is 0.674. The maximum absolute atomic E-state index is 13.6. The van der Waals surface area contributed by atoms with E-state index in [0.29, 0.717) is 11.1 Å². The first-order chi connectivity index (χ1) is 11.1. The third kappa shape index (κ3) is 3.23. The summed E-state index contributed by atoms with van der Waals surface area (Å²) in [4.78, 5) is 16.3. The van der Waals surface area contributed by atoms with Gasteiger partial charge in [-0.1, -0.05) is 36.4 Å². The van der Waals surface area contributed by atoms with Crippen molar-refractivity contribution in [2.24, 2.45) is 0 Å². The van der Waals surface area contributed by atoms with Crippen molar-refractivity contribution >= 4 is 17.3 Å². The molecule has 1 aromatic heterocycles. The Morgan fingerprint density at radius 1 is 0.826 bits per heavy atom. The molecule has 0 amide bonds. The van der Waals surface area contributed by atoms with Gasteiger partial charge < -0.3 is 5.32 Å². The normalized spacial score (nSPS) is 10.3. The number of benzene rings is 2. The number of para-hydroxylation sites is 1. The molecule has 114 valence electrons. The SMILES string of the molecule is O=C(c1ccccc1)c1ccc(Nc2c(F)cccc2F)nc1. The van der Waals surface area contributed by atoms with Gasteiger partial charge in [-0.2, -0.15) is 0 Å². The van der Waals surface area contributed by atoms with Crippen LogP contribution in [0, 0.1) is 11.6 Å². The zero-order valence-corrected chi connectivity index (χ0v) is 12.0. The van der Waals surface area contributed by atoms with Crippen molar-refractivity contribution in [3.8, 4) is 0 Å². The smallest absolute Gasteiger partial charge is 0.194 e. The summed E-state index contributed by atoms with van der Waals surface area (Å²) in [6.45, 7) is 0. The molecule has 0 fully saturated rings. The minimum Gasteiger partial charge on any atom is -0.335 e. The van der Waals surface area contributed by atoms with Gasteiger partial charge >= 0.3 is 0 Å². The molecule has 1 N–H and O–H groups in total. The molecule has 0 saturated carbocycles. The van der Waals surface area contributed by atoms with Gasteiger partial charge in [0, 0.05) is 17.3 Å². The third-order valence-electron chi connectivity index (χ3n) is 3.28. The van der Waals surface area contributed by atoms with Gasteiger partial charge in [-0.3, -0.25) is 4.79 Å². The van der Waals surface area contributed by atoms with Crippen molar-refractivity contribution < 1.29 is 13.6 Å². The molecule has 0 aliphatic carbocycles. The summed E-state index contributed by atoms with van der Waals surface area (Å²) in [6, 6.07) is 15.4. The Balaban J connectivity index is 1.81. The van der Waals surface area contributed by atoms with Gasteiger partial charge in [0.25, 0.3) is 0 Å². The number of halogens is 2. The van der Waals surface area contributed by atoms with Gasteiger partial charge in [0.15, 0.2) is 5.78 Å². The van der Waals surface area contributed by atoms with Gasteiger partial charge in [0.2, 0.25) is 0 Å². The molecule has 23 heavy (non-hydrogen) atoms.